The molecule has 0 aliphatic heterocycles. The van der Waals surface area contributed by atoms with Crippen LogP contribution in [0.2, 0.25) is 0 Å². The Morgan fingerprint density at radius 1 is 1.44 bits per heavy atom. The maximum atomic E-state index is 12.5. The first-order chi connectivity index (χ1) is 7.29. The first kappa shape index (κ1) is 12.0. The summed E-state index contributed by atoms with van der Waals surface area (Å²) in [6.45, 7) is 1.17. The molecule has 1 aromatic carbocycles. The Bertz CT molecular complexity index is 486. The fraction of sp³-hybridized carbons (Fsp3) is 0.200. The molecule has 0 aromatic heterocycles. The topological polar surface area (TPSA) is 66.9 Å². The van der Waals surface area contributed by atoms with E-state index < -0.39 is 28.8 Å². The summed E-state index contributed by atoms with van der Waals surface area (Å²) < 4.78 is 37.4. The smallest absolute Gasteiger partial charge is 0.397 e. The van der Waals surface area contributed by atoms with Crippen LogP contribution in [0.1, 0.15) is 28.4 Å². The largest absolute Gasteiger partial charge is 0.417 e. The van der Waals surface area contributed by atoms with Crippen LogP contribution in [0.25, 0.3) is 0 Å². The molecule has 16 heavy (non-hydrogen) atoms. The monoisotopic (exact) mass is 228 g/mol. The molecule has 0 heterocycles. The number of nitriles is 1. The zero-order valence-corrected chi connectivity index (χ0v) is 8.22. The molecule has 1 rings (SSSR count). The van der Waals surface area contributed by atoms with Gasteiger partial charge in [-0.2, -0.15) is 18.4 Å². The molecule has 0 saturated carbocycles. The summed E-state index contributed by atoms with van der Waals surface area (Å²) in [6.07, 6.45) is -4.66. The summed E-state index contributed by atoms with van der Waals surface area (Å²) in [4.78, 5) is 11.0. The molecule has 0 unspecified atom stereocenters. The van der Waals surface area contributed by atoms with Crippen molar-refractivity contribution in [2.75, 3.05) is 5.73 Å². The molecule has 2 N–H and O–H groups in total. The van der Waals surface area contributed by atoms with Crippen LogP contribution in [0.4, 0.5) is 18.9 Å². The SMILES string of the molecule is CC(=O)c1ccc(C(F)(F)F)c(C#N)c1N. The number of nitrogen functional groups attached to an aromatic ring is 1. The molecule has 0 aliphatic carbocycles. The first-order valence-electron chi connectivity index (χ1n) is 4.19. The van der Waals surface area contributed by atoms with E-state index in [1.165, 1.54) is 13.0 Å². The molecule has 1 aromatic rings. The van der Waals surface area contributed by atoms with E-state index in [0.29, 0.717) is 6.07 Å². The summed E-state index contributed by atoms with van der Waals surface area (Å²) in [5.74, 6) is -0.484. The lowest BCUT2D eigenvalue weighted by molar-refractivity contribution is -0.137. The summed E-state index contributed by atoms with van der Waals surface area (Å²) >= 11 is 0. The van der Waals surface area contributed by atoms with Crippen molar-refractivity contribution in [3.05, 3.63) is 28.8 Å². The number of nitrogens with zero attached hydrogens (tertiary/aromatic N) is 1. The van der Waals surface area contributed by atoms with Crippen LogP contribution in [0, 0.1) is 11.3 Å². The second-order valence-electron chi connectivity index (χ2n) is 3.12. The van der Waals surface area contributed by atoms with Crippen molar-refractivity contribution in [3.63, 3.8) is 0 Å². The fourth-order valence-electron chi connectivity index (χ4n) is 1.28. The molecule has 0 radical (unpaired) electrons. The van der Waals surface area contributed by atoms with Crippen LogP contribution in [0.5, 0.6) is 0 Å². The van der Waals surface area contributed by atoms with Gasteiger partial charge in [0.25, 0.3) is 0 Å². The lowest BCUT2D eigenvalue weighted by atomic mass is 9.99. The maximum absolute atomic E-state index is 12.5. The van der Waals surface area contributed by atoms with E-state index in [9.17, 15) is 18.0 Å². The molecule has 3 nitrogen and oxygen atoms in total. The number of Topliss-reactive ketones (excluding diaryl/α,β-unsaturated/α-hetero) is 1. The molecular formula is C10H7F3N2O. The van der Waals surface area contributed by atoms with E-state index in [-0.39, 0.29) is 5.56 Å². The van der Waals surface area contributed by atoms with Gasteiger partial charge in [-0.25, -0.2) is 0 Å². The van der Waals surface area contributed by atoms with Crippen LogP contribution >= 0.6 is 0 Å². The second kappa shape index (κ2) is 3.85. The third kappa shape index (κ3) is 1.98. The van der Waals surface area contributed by atoms with Crippen molar-refractivity contribution in [1.82, 2.24) is 0 Å². The number of ketones is 1. The average molecular weight is 228 g/mol. The van der Waals surface area contributed by atoms with E-state index in [1.807, 2.05) is 0 Å². The number of benzene rings is 1. The number of hydrogen-bond acceptors (Lipinski definition) is 3. The van der Waals surface area contributed by atoms with Gasteiger partial charge in [0.15, 0.2) is 5.78 Å². The Morgan fingerprint density at radius 2 is 2.00 bits per heavy atom. The maximum Gasteiger partial charge on any atom is 0.417 e. The van der Waals surface area contributed by atoms with Gasteiger partial charge in [0, 0.05) is 5.56 Å². The highest BCUT2D eigenvalue weighted by Gasteiger charge is 2.35. The van der Waals surface area contributed by atoms with Gasteiger partial charge in [-0.1, -0.05) is 0 Å². The lowest BCUT2D eigenvalue weighted by Gasteiger charge is -2.12. The number of anilines is 1. The molecule has 84 valence electrons. The van der Waals surface area contributed by atoms with E-state index in [1.54, 1.807) is 0 Å². The highest BCUT2D eigenvalue weighted by Crippen LogP contribution is 2.35. The van der Waals surface area contributed by atoms with E-state index in [4.69, 9.17) is 11.0 Å². The van der Waals surface area contributed by atoms with Crippen LogP contribution in [0.15, 0.2) is 12.1 Å². The van der Waals surface area contributed by atoms with E-state index >= 15 is 0 Å². The van der Waals surface area contributed by atoms with Gasteiger partial charge in [-0.3, -0.25) is 4.79 Å². The van der Waals surface area contributed by atoms with E-state index in [2.05, 4.69) is 0 Å². The van der Waals surface area contributed by atoms with Crippen molar-refractivity contribution in [2.24, 2.45) is 0 Å². The van der Waals surface area contributed by atoms with Crippen molar-refractivity contribution in [1.29, 1.82) is 5.26 Å². The Kier molecular flexibility index (Phi) is 2.90. The number of alkyl halides is 3. The van der Waals surface area contributed by atoms with E-state index in [0.717, 1.165) is 6.07 Å². The first-order valence-corrected chi connectivity index (χ1v) is 4.19. The molecule has 6 heteroatoms. The zero-order valence-electron chi connectivity index (χ0n) is 8.22. The Balaban J connectivity index is 3.56. The third-order valence-electron chi connectivity index (χ3n) is 2.04. The molecule has 0 aliphatic rings. The van der Waals surface area contributed by atoms with Crippen LogP contribution in [0.3, 0.4) is 0 Å². The minimum atomic E-state index is -4.66. The standard InChI is InChI=1S/C10H7F3N2O/c1-5(16)6-2-3-8(10(11,12)13)7(4-14)9(6)15/h2-3H,15H2,1H3. The van der Waals surface area contributed by atoms with Gasteiger partial charge in [-0.15, -0.1) is 0 Å². The Labute approximate surface area is 89.3 Å². The summed E-state index contributed by atoms with van der Waals surface area (Å²) in [5, 5.41) is 8.63. The summed E-state index contributed by atoms with van der Waals surface area (Å²) in [7, 11) is 0. The van der Waals surface area contributed by atoms with Gasteiger partial charge >= 0.3 is 6.18 Å². The van der Waals surface area contributed by atoms with Crippen LogP contribution in [-0.4, -0.2) is 5.78 Å². The quantitative estimate of drug-likeness (QED) is 0.592. The molecule has 0 spiro atoms. The minimum Gasteiger partial charge on any atom is -0.397 e. The Hall–Kier alpha value is -2.03. The normalized spacial score (nSPS) is 10.9. The van der Waals surface area contributed by atoms with Crippen molar-refractivity contribution < 1.29 is 18.0 Å². The predicted molar refractivity (Wildman–Crippen MR) is 50.6 cm³/mol. The zero-order chi connectivity index (χ0) is 12.5. The van der Waals surface area contributed by atoms with Gasteiger partial charge in [0.05, 0.1) is 16.8 Å². The Morgan fingerprint density at radius 3 is 2.38 bits per heavy atom. The van der Waals surface area contributed by atoms with Gasteiger partial charge in [0.1, 0.15) is 6.07 Å². The van der Waals surface area contributed by atoms with Gasteiger partial charge in [-0.05, 0) is 19.1 Å². The number of halogens is 3. The average Bonchev–Trinajstić information content (AvgIpc) is 2.15. The molecule has 0 fully saturated rings. The van der Waals surface area contributed by atoms with Gasteiger partial charge < -0.3 is 5.73 Å². The number of hydrogen-bond donors (Lipinski definition) is 1. The number of rotatable bonds is 1. The molecule has 0 bridgehead atoms. The second-order valence-corrected chi connectivity index (χ2v) is 3.12. The van der Waals surface area contributed by atoms with Crippen molar-refractivity contribution >= 4 is 11.5 Å². The van der Waals surface area contributed by atoms with Crippen LogP contribution in [-0.2, 0) is 6.18 Å². The summed E-state index contributed by atoms with van der Waals surface area (Å²) in [5.41, 5.74) is 3.01. The van der Waals surface area contributed by atoms with Crippen molar-refractivity contribution in [2.45, 2.75) is 13.1 Å². The lowest BCUT2D eigenvalue weighted by Crippen LogP contribution is -2.12. The highest BCUT2D eigenvalue weighted by molar-refractivity contribution is 6.00. The molecule has 0 amide bonds. The van der Waals surface area contributed by atoms with Crippen LogP contribution < -0.4 is 5.73 Å². The minimum absolute atomic E-state index is 0.0791. The number of carbonyl (C=O) groups is 1. The highest BCUT2D eigenvalue weighted by atomic mass is 19.4. The summed E-state index contributed by atoms with van der Waals surface area (Å²) in [6, 6.07) is 3.03. The predicted octanol–water partition coefficient (Wildman–Crippen LogP) is 2.36. The number of carbonyl (C=O) groups excluding carboxylic acids is 1. The van der Waals surface area contributed by atoms with Gasteiger partial charge in [0.2, 0.25) is 0 Å². The fourth-order valence-corrected chi connectivity index (χ4v) is 1.28. The third-order valence-corrected chi connectivity index (χ3v) is 2.04. The molecule has 0 saturated heterocycles. The number of nitrogens with two attached hydrogens (primary N) is 1. The molecule has 0 atom stereocenters. The molecular weight excluding hydrogens is 221 g/mol. The van der Waals surface area contributed by atoms with Crippen molar-refractivity contribution in [3.8, 4) is 6.07 Å².